The highest BCUT2D eigenvalue weighted by Gasteiger charge is 2.13. The summed E-state index contributed by atoms with van der Waals surface area (Å²) in [7, 11) is 0. The Morgan fingerprint density at radius 3 is 2.31 bits per heavy atom. The number of benzene rings is 1. The van der Waals surface area contributed by atoms with Crippen molar-refractivity contribution in [1.29, 1.82) is 0 Å². The van der Waals surface area contributed by atoms with Crippen LogP contribution in [0.1, 0.15) is 0 Å². The van der Waals surface area contributed by atoms with E-state index in [-0.39, 0.29) is 9.99 Å². The number of anilines is 1. The molecule has 1 aromatic rings. The Balaban J connectivity index is 3.03. The summed E-state index contributed by atoms with van der Waals surface area (Å²) < 4.78 is 21.2. The molecular weight excluding hydrogens is 194 g/mol. The topological polar surface area (TPSA) is 80.7 Å². The zero-order chi connectivity index (χ0) is 9.84. The van der Waals surface area contributed by atoms with Crippen LogP contribution in [0, 0.1) is 0 Å². The van der Waals surface area contributed by atoms with Crippen LogP contribution in [0.25, 0.3) is 0 Å². The predicted octanol–water partition coefficient (Wildman–Crippen LogP) is 0.965. The van der Waals surface area contributed by atoms with Gasteiger partial charge in [-0.15, -0.1) is 0 Å². The molecule has 0 aliphatic carbocycles. The summed E-state index contributed by atoms with van der Waals surface area (Å²) in [6, 6.07) is 7.56. The molecule has 0 radical (unpaired) electrons. The lowest BCUT2D eigenvalue weighted by molar-refractivity contribution is 0.206. The third-order valence-corrected chi connectivity index (χ3v) is 1.98. The minimum atomic E-state index is -2.80. The molecule has 13 heavy (non-hydrogen) atoms. The maximum atomic E-state index is 10.5. The van der Waals surface area contributed by atoms with Crippen LogP contribution in [0.2, 0.25) is 0 Å². The molecule has 0 heterocycles. The zero-order valence-corrected chi connectivity index (χ0v) is 7.23. The number of carboxylic acid groups (broad SMARTS) is 1. The van der Waals surface area contributed by atoms with Gasteiger partial charge < -0.3 is 9.66 Å². The molecule has 5 nitrogen and oxygen atoms in total. The van der Waals surface area contributed by atoms with E-state index in [1.807, 2.05) is 0 Å². The Bertz CT molecular complexity index is 313. The van der Waals surface area contributed by atoms with Crippen molar-refractivity contribution in [2.45, 2.75) is 0 Å². The first-order valence-electron chi connectivity index (χ1n) is 3.30. The van der Waals surface area contributed by atoms with Gasteiger partial charge in [-0.05, 0) is 12.1 Å². The van der Waals surface area contributed by atoms with E-state index >= 15 is 0 Å². The van der Waals surface area contributed by atoms with Crippen LogP contribution in [0.5, 0.6) is 0 Å². The quantitative estimate of drug-likeness (QED) is 0.721. The van der Waals surface area contributed by atoms with E-state index in [9.17, 15) is 13.6 Å². The van der Waals surface area contributed by atoms with Gasteiger partial charge in [0.05, 0.1) is 17.0 Å². The molecule has 0 spiro atoms. The summed E-state index contributed by atoms with van der Waals surface area (Å²) in [5.74, 6) is 0. The van der Waals surface area contributed by atoms with E-state index in [1.54, 1.807) is 18.2 Å². The summed E-state index contributed by atoms with van der Waals surface area (Å²) in [4.78, 5) is 10.5. The van der Waals surface area contributed by atoms with Crippen molar-refractivity contribution in [3.05, 3.63) is 30.3 Å². The van der Waals surface area contributed by atoms with Crippen LogP contribution in [-0.2, 0) is 11.3 Å². The summed E-state index contributed by atoms with van der Waals surface area (Å²) in [6.45, 7) is 0. The van der Waals surface area contributed by atoms with Gasteiger partial charge >= 0.3 is 6.09 Å². The van der Waals surface area contributed by atoms with Crippen molar-refractivity contribution in [1.82, 2.24) is 0 Å². The molecule has 0 fully saturated rings. The van der Waals surface area contributed by atoms with Gasteiger partial charge in [0, 0.05) is 0 Å². The molecule has 0 bridgehead atoms. The molecule has 0 aliphatic heterocycles. The maximum Gasteiger partial charge on any atom is 0.423 e. The first kappa shape index (κ1) is 9.69. The Morgan fingerprint density at radius 2 is 1.92 bits per heavy atom. The Kier molecular flexibility index (Phi) is 2.99. The zero-order valence-electron chi connectivity index (χ0n) is 6.41. The number of hydrogen-bond acceptors (Lipinski definition) is 3. The molecule has 70 valence electrons. The van der Waals surface area contributed by atoms with Gasteiger partial charge in [-0.25, -0.2) is 9.10 Å². The fourth-order valence-electron chi connectivity index (χ4n) is 0.824. The standard InChI is InChI=1S/C7H7NO4S/c9-7(10)8(13(11)12)6-4-2-1-3-5-6/h1-5H,(H,9,10)(H,11,12)/p-1. The highest BCUT2D eigenvalue weighted by atomic mass is 32.2. The van der Waals surface area contributed by atoms with Gasteiger partial charge in [-0.1, -0.05) is 18.2 Å². The van der Waals surface area contributed by atoms with Crippen LogP contribution < -0.4 is 4.31 Å². The number of carbonyl (C=O) groups is 1. The molecule has 6 heteroatoms. The van der Waals surface area contributed by atoms with E-state index in [2.05, 4.69) is 0 Å². The van der Waals surface area contributed by atoms with Crippen LogP contribution in [-0.4, -0.2) is 20.0 Å². The molecular formula is C7H6NO4S-. The Hall–Kier alpha value is -1.40. The molecule has 0 saturated carbocycles. The SMILES string of the molecule is O=C(O)N(c1ccccc1)S(=O)[O-]. The molecule has 1 rings (SSSR count). The lowest BCUT2D eigenvalue weighted by Crippen LogP contribution is -2.30. The van der Waals surface area contributed by atoms with Crippen LogP contribution >= 0.6 is 0 Å². The van der Waals surface area contributed by atoms with Crippen molar-refractivity contribution in [3.8, 4) is 0 Å². The van der Waals surface area contributed by atoms with Crippen LogP contribution in [0.4, 0.5) is 10.5 Å². The Morgan fingerprint density at radius 1 is 1.38 bits per heavy atom. The fraction of sp³-hybridized carbons (Fsp3) is 0. The van der Waals surface area contributed by atoms with E-state index in [0.717, 1.165) is 0 Å². The summed E-state index contributed by atoms with van der Waals surface area (Å²) in [6.07, 6.45) is -1.53. The highest BCUT2D eigenvalue weighted by Crippen LogP contribution is 2.14. The van der Waals surface area contributed by atoms with Gasteiger partial charge in [-0.2, -0.15) is 0 Å². The van der Waals surface area contributed by atoms with Crippen LogP contribution in [0.15, 0.2) is 30.3 Å². The van der Waals surface area contributed by atoms with Crippen molar-refractivity contribution >= 4 is 23.0 Å². The highest BCUT2D eigenvalue weighted by molar-refractivity contribution is 7.81. The second-order valence-corrected chi connectivity index (χ2v) is 2.93. The normalized spacial score (nSPS) is 12.1. The molecule has 0 saturated heterocycles. The average Bonchev–Trinajstić information content (AvgIpc) is 2.04. The smallest absolute Gasteiger partial charge is 0.423 e. The van der Waals surface area contributed by atoms with E-state index in [4.69, 9.17) is 5.11 Å². The number of hydrogen-bond donors (Lipinski definition) is 1. The largest absolute Gasteiger partial charge is 0.755 e. The molecule has 1 aromatic carbocycles. The molecule has 0 aliphatic rings. The first-order valence-corrected chi connectivity index (χ1v) is 4.33. The second-order valence-electron chi connectivity index (χ2n) is 2.13. The van der Waals surface area contributed by atoms with Crippen LogP contribution in [0.3, 0.4) is 0 Å². The first-order chi connectivity index (χ1) is 6.13. The van der Waals surface area contributed by atoms with Gasteiger partial charge in [0.25, 0.3) is 0 Å². The van der Waals surface area contributed by atoms with Crippen molar-refractivity contribution in [2.24, 2.45) is 0 Å². The Labute approximate surface area is 77.0 Å². The summed E-state index contributed by atoms with van der Waals surface area (Å²) >= 11 is -2.80. The number of amides is 1. The fourth-order valence-corrected chi connectivity index (χ4v) is 1.25. The molecule has 1 N–H and O–H groups in total. The second kappa shape index (κ2) is 4.01. The minimum absolute atomic E-state index is 0.100. The molecule has 1 atom stereocenters. The van der Waals surface area contributed by atoms with Crippen molar-refractivity contribution in [2.75, 3.05) is 4.31 Å². The third-order valence-electron chi connectivity index (χ3n) is 1.31. The van der Waals surface area contributed by atoms with Crippen molar-refractivity contribution < 1.29 is 18.7 Å². The van der Waals surface area contributed by atoms with E-state index in [1.165, 1.54) is 12.1 Å². The summed E-state index contributed by atoms with van der Waals surface area (Å²) in [5.41, 5.74) is 0.100. The average molecular weight is 200 g/mol. The predicted molar refractivity (Wildman–Crippen MR) is 45.9 cm³/mol. The monoisotopic (exact) mass is 200 g/mol. The minimum Gasteiger partial charge on any atom is -0.755 e. The third kappa shape index (κ3) is 2.27. The number of nitrogens with zero attached hydrogens (tertiary/aromatic N) is 1. The molecule has 1 amide bonds. The lowest BCUT2D eigenvalue weighted by atomic mass is 10.3. The van der Waals surface area contributed by atoms with Gasteiger partial charge in [0.1, 0.15) is 0 Å². The maximum absolute atomic E-state index is 10.5. The van der Waals surface area contributed by atoms with Gasteiger partial charge in [-0.3, -0.25) is 4.21 Å². The van der Waals surface area contributed by atoms with Crippen molar-refractivity contribution in [3.63, 3.8) is 0 Å². The molecule has 0 aromatic heterocycles. The van der Waals surface area contributed by atoms with Gasteiger partial charge in [0.2, 0.25) is 0 Å². The van der Waals surface area contributed by atoms with E-state index < -0.39 is 17.4 Å². The molecule has 1 unspecified atom stereocenters. The summed E-state index contributed by atoms with van der Waals surface area (Å²) in [5, 5.41) is 8.53. The number of para-hydroxylation sites is 1. The lowest BCUT2D eigenvalue weighted by Gasteiger charge is -2.20. The number of rotatable bonds is 2. The van der Waals surface area contributed by atoms with Gasteiger partial charge in [0.15, 0.2) is 0 Å². The van der Waals surface area contributed by atoms with E-state index in [0.29, 0.717) is 0 Å².